The van der Waals surface area contributed by atoms with Gasteiger partial charge in [-0.2, -0.15) is 0 Å². The van der Waals surface area contributed by atoms with E-state index in [9.17, 15) is 13.6 Å². The Morgan fingerprint density at radius 1 is 1.61 bits per heavy atom. The average Bonchev–Trinajstić information content (AvgIpc) is 2.74. The number of rotatable bonds is 5. The lowest BCUT2D eigenvalue weighted by Crippen LogP contribution is -2.28. The van der Waals surface area contributed by atoms with E-state index in [-0.39, 0.29) is 9.99 Å². The zero-order chi connectivity index (χ0) is 13.1. The highest BCUT2D eigenvalue weighted by molar-refractivity contribution is 7.99. The maximum absolute atomic E-state index is 11.9. The molecule has 0 aromatic carbocycles. The molecule has 0 saturated heterocycles. The normalized spacial score (nSPS) is 17.8. The number of hydrogen-bond donors (Lipinski definition) is 0. The van der Waals surface area contributed by atoms with Crippen molar-refractivity contribution in [1.29, 1.82) is 0 Å². The lowest BCUT2D eigenvalue weighted by Gasteiger charge is -2.23. The van der Waals surface area contributed by atoms with Crippen LogP contribution in [0.25, 0.3) is 0 Å². The molecule has 0 spiro atoms. The molecule has 1 aliphatic heterocycles. The maximum Gasteiger partial charge on any atom is 0.179 e. The molecule has 100 valence electrons. The zero-order valence-electron chi connectivity index (χ0n) is 9.71. The molecule has 2 rings (SSSR count). The van der Waals surface area contributed by atoms with Crippen molar-refractivity contribution >= 4 is 40.1 Å². The van der Waals surface area contributed by atoms with Crippen molar-refractivity contribution in [2.75, 3.05) is 26.8 Å². The minimum Gasteiger partial charge on any atom is -0.768 e. The highest BCUT2D eigenvalue weighted by Crippen LogP contribution is 2.39. The fourth-order valence-corrected chi connectivity index (χ4v) is 4.78. The van der Waals surface area contributed by atoms with Crippen LogP contribution in [0.15, 0.2) is 14.5 Å². The van der Waals surface area contributed by atoms with Gasteiger partial charge in [0.2, 0.25) is 0 Å². The Morgan fingerprint density at radius 3 is 3.06 bits per heavy atom. The summed E-state index contributed by atoms with van der Waals surface area (Å²) >= 11 is 0.336. The van der Waals surface area contributed by atoms with Crippen molar-refractivity contribution in [3.05, 3.63) is 11.6 Å². The first-order valence-electron chi connectivity index (χ1n) is 5.30. The van der Waals surface area contributed by atoms with Crippen molar-refractivity contribution in [3.63, 3.8) is 0 Å². The first-order valence-corrected chi connectivity index (χ1v) is 7.96. The van der Waals surface area contributed by atoms with Gasteiger partial charge in [0.1, 0.15) is 0 Å². The summed E-state index contributed by atoms with van der Waals surface area (Å²) in [6, 6.07) is 1.46. The van der Waals surface area contributed by atoms with Gasteiger partial charge in [-0.15, -0.1) is 11.3 Å². The van der Waals surface area contributed by atoms with Crippen LogP contribution in [0.3, 0.4) is 0 Å². The quantitative estimate of drug-likeness (QED) is 0.467. The molecule has 0 N–H and O–H groups in total. The topological polar surface area (TPSA) is 69.7 Å². The van der Waals surface area contributed by atoms with Crippen molar-refractivity contribution in [2.45, 2.75) is 14.8 Å². The third-order valence-electron chi connectivity index (χ3n) is 2.43. The Labute approximate surface area is 116 Å². The van der Waals surface area contributed by atoms with Gasteiger partial charge in [0.05, 0.1) is 15.0 Å². The number of nitrogens with zero attached hydrogens (tertiary/aromatic N) is 1. The van der Waals surface area contributed by atoms with Crippen LogP contribution in [-0.2, 0) is 15.8 Å². The minimum absolute atomic E-state index is 0.0193. The maximum atomic E-state index is 11.9. The van der Waals surface area contributed by atoms with Gasteiger partial charge in [-0.1, -0.05) is 0 Å². The molecule has 1 aliphatic rings. The van der Waals surface area contributed by atoms with Gasteiger partial charge in [0.25, 0.3) is 0 Å². The Bertz CT molecular complexity index is 474. The highest BCUT2D eigenvalue weighted by atomic mass is 32.2. The Hall–Kier alpha value is -0.250. The minimum atomic E-state index is -2.26. The number of methoxy groups -OCH3 is 1. The summed E-state index contributed by atoms with van der Waals surface area (Å²) in [6.07, 6.45) is 0.845. The third kappa shape index (κ3) is 3.19. The number of hydrogen-bond acceptors (Lipinski definition) is 7. The lowest BCUT2D eigenvalue weighted by atomic mass is 10.2. The summed E-state index contributed by atoms with van der Waals surface area (Å²) in [5.74, 6) is -0.0193. The van der Waals surface area contributed by atoms with Gasteiger partial charge in [-0.25, -0.2) is 4.31 Å². The van der Waals surface area contributed by atoms with E-state index < -0.39 is 11.1 Å². The van der Waals surface area contributed by atoms with Crippen molar-refractivity contribution in [3.8, 4) is 0 Å². The molecule has 2 heterocycles. The lowest BCUT2D eigenvalue weighted by molar-refractivity contribution is 0.0959. The highest BCUT2D eigenvalue weighted by Gasteiger charge is 2.26. The van der Waals surface area contributed by atoms with E-state index in [4.69, 9.17) is 4.74 Å². The molecule has 0 radical (unpaired) electrons. The van der Waals surface area contributed by atoms with Crippen LogP contribution < -0.4 is 0 Å². The van der Waals surface area contributed by atoms with Crippen molar-refractivity contribution in [1.82, 2.24) is 4.31 Å². The van der Waals surface area contributed by atoms with Crippen LogP contribution in [0.2, 0.25) is 0 Å². The van der Waals surface area contributed by atoms with Crippen LogP contribution in [0.4, 0.5) is 0 Å². The molecular formula is C10H12NO4S3-. The molecular weight excluding hydrogens is 294 g/mol. The SMILES string of the molecule is COCCCN1CC(=O)c2cc(S(=O)[O-])sc2S1. The molecule has 8 heteroatoms. The van der Waals surface area contributed by atoms with Gasteiger partial charge in [0, 0.05) is 25.8 Å². The average molecular weight is 306 g/mol. The summed E-state index contributed by atoms with van der Waals surface area (Å²) < 4.78 is 29.7. The number of fused-ring (bicyclic) bond motifs is 1. The third-order valence-corrected chi connectivity index (χ3v) is 5.69. The van der Waals surface area contributed by atoms with Gasteiger partial charge < -0.3 is 9.29 Å². The van der Waals surface area contributed by atoms with Crippen LogP contribution >= 0.6 is 23.3 Å². The summed E-state index contributed by atoms with van der Waals surface area (Å²) in [5.41, 5.74) is 0.534. The molecule has 5 nitrogen and oxygen atoms in total. The molecule has 0 bridgehead atoms. The van der Waals surface area contributed by atoms with Crippen molar-refractivity contribution < 1.29 is 18.3 Å². The molecule has 1 aromatic heterocycles. The Morgan fingerprint density at radius 2 is 2.39 bits per heavy atom. The van der Waals surface area contributed by atoms with Crippen molar-refractivity contribution in [2.24, 2.45) is 0 Å². The first kappa shape index (κ1) is 14.2. The molecule has 0 aliphatic carbocycles. The van der Waals surface area contributed by atoms with E-state index in [1.165, 1.54) is 18.0 Å². The first-order chi connectivity index (χ1) is 8.61. The summed E-state index contributed by atoms with van der Waals surface area (Å²) in [7, 11) is 1.64. The summed E-state index contributed by atoms with van der Waals surface area (Å²) in [4.78, 5) is 11.9. The van der Waals surface area contributed by atoms with Crippen LogP contribution in [0.1, 0.15) is 16.8 Å². The molecule has 0 amide bonds. The zero-order valence-corrected chi connectivity index (χ0v) is 12.2. The predicted octanol–water partition coefficient (Wildman–Crippen LogP) is 1.53. The second kappa shape index (κ2) is 6.27. The fraction of sp³-hybridized carbons (Fsp3) is 0.500. The molecule has 1 atom stereocenters. The molecule has 1 unspecified atom stereocenters. The van der Waals surface area contributed by atoms with Gasteiger partial charge in [-0.3, -0.25) is 9.00 Å². The number of thiophene rings is 1. The largest absolute Gasteiger partial charge is 0.768 e. The van der Waals surface area contributed by atoms with Crippen LogP contribution in [0, 0.1) is 0 Å². The second-order valence-corrected chi connectivity index (χ2v) is 7.31. The monoisotopic (exact) mass is 306 g/mol. The van der Waals surface area contributed by atoms with E-state index in [2.05, 4.69) is 0 Å². The molecule has 18 heavy (non-hydrogen) atoms. The Balaban J connectivity index is 2.08. The molecule has 1 aromatic rings. The van der Waals surface area contributed by atoms with E-state index in [1.807, 2.05) is 4.31 Å². The van der Waals surface area contributed by atoms with Gasteiger partial charge >= 0.3 is 0 Å². The number of carbonyl (C=O) groups is 1. The van der Waals surface area contributed by atoms with Gasteiger partial charge in [0.15, 0.2) is 5.78 Å². The van der Waals surface area contributed by atoms with Gasteiger partial charge in [-0.05, 0) is 35.5 Å². The number of Topliss-reactive ketones (excluding diaryl/α,β-unsaturated/α-hetero) is 1. The Kier molecular flexibility index (Phi) is 4.93. The fourth-order valence-electron chi connectivity index (χ4n) is 1.60. The predicted molar refractivity (Wildman–Crippen MR) is 69.8 cm³/mol. The van der Waals surface area contributed by atoms with E-state index in [0.29, 0.717) is 18.7 Å². The van der Waals surface area contributed by atoms with Crippen LogP contribution in [0.5, 0.6) is 0 Å². The number of ketones is 1. The molecule has 0 fully saturated rings. The standard InChI is InChI=1S/C10H13NO4S3/c1-15-4-2-3-11-6-8(12)7-5-9(18(13)14)16-10(7)17-11/h5H,2-4,6H2,1H3,(H,13,14)/p-1. The van der Waals surface area contributed by atoms with Crippen LogP contribution in [-0.4, -0.2) is 45.7 Å². The summed E-state index contributed by atoms with van der Waals surface area (Å²) in [5, 5.41) is 0. The van der Waals surface area contributed by atoms with E-state index in [0.717, 1.165) is 28.5 Å². The molecule has 0 saturated carbocycles. The number of ether oxygens (including phenoxy) is 1. The smallest absolute Gasteiger partial charge is 0.179 e. The second-order valence-electron chi connectivity index (χ2n) is 3.73. The van der Waals surface area contributed by atoms with E-state index >= 15 is 0 Å². The summed E-state index contributed by atoms with van der Waals surface area (Å²) in [6.45, 7) is 1.72. The van der Waals surface area contributed by atoms with E-state index in [1.54, 1.807) is 7.11 Å². The number of carbonyl (C=O) groups excluding carboxylic acids is 1.